The third kappa shape index (κ3) is 10.9. The van der Waals surface area contributed by atoms with Crippen molar-refractivity contribution in [3.05, 3.63) is 17.0 Å². The number of amides is 2. The van der Waals surface area contributed by atoms with E-state index in [1.807, 2.05) is 27.7 Å². The number of aromatic nitrogens is 2. The number of aryl methyl sites for hydroxylation is 2. The van der Waals surface area contributed by atoms with E-state index < -0.39 is 30.3 Å². The lowest BCUT2D eigenvalue weighted by molar-refractivity contribution is -0.193. The Bertz CT molecular complexity index is 937. The average molecular weight is 563 g/mol. The maximum absolute atomic E-state index is 12.7. The standard InChI is InChI=1S/C17H29N5O2.2C2HF3O2/c1-5-21(6-2)17(24)15-9-13(18)10-22(15)16(23)8-7-14-11(3)12(4)19-20-14;2*3-2(4,5)1(6)7/h13,15H,5-10,18H2,1-4H3,(H,19,20);2*(H,6,7)/t13-,15+;;/m1../s1. The summed E-state index contributed by atoms with van der Waals surface area (Å²) in [6.07, 6.45) is -8.70. The van der Waals surface area contributed by atoms with Gasteiger partial charge in [0.1, 0.15) is 6.04 Å². The van der Waals surface area contributed by atoms with Crippen LogP contribution in [0.1, 0.15) is 43.6 Å². The number of likely N-dealkylation sites (tertiary alicyclic amines) is 1. The summed E-state index contributed by atoms with van der Waals surface area (Å²) in [5.74, 6) is -5.53. The lowest BCUT2D eigenvalue weighted by Crippen LogP contribution is -2.47. The average Bonchev–Trinajstić information content (AvgIpc) is 3.34. The number of carboxylic acids is 2. The van der Waals surface area contributed by atoms with Crippen molar-refractivity contribution >= 4 is 23.8 Å². The Balaban J connectivity index is 0.000000804. The first-order chi connectivity index (χ1) is 17.3. The highest BCUT2D eigenvalue weighted by Crippen LogP contribution is 2.21. The van der Waals surface area contributed by atoms with E-state index in [1.165, 1.54) is 0 Å². The number of carbonyl (C=O) groups excluding carboxylic acids is 2. The molecule has 0 aliphatic carbocycles. The van der Waals surface area contributed by atoms with E-state index in [1.54, 1.807) is 9.80 Å². The quantitative estimate of drug-likeness (QED) is 0.381. The number of likely N-dealkylation sites (N-methyl/N-ethyl adjacent to an activating group) is 1. The highest BCUT2D eigenvalue weighted by atomic mass is 19.4. The zero-order chi connectivity index (χ0) is 30.0. The molecule has 1 aliphatic heterocycles. The summed E-state index contributed by atoms with van der Waals surface area (Å²) in [7, 11) is 0. The van der Waals surface area contributed by atoms with Gasteiger partial charge in [0.05, 0.1) is 5.69 Å². The normalized spacial score (nSPS) is 17.1. The van der Waals surface area contributed by atoms with Crippen molar-refractivity contribution in [2.75, 3.05) is 19.6 Å². The molecule has 0 unspecified atom stereocenters. The first kappa shape index (κ1) is 34.6. The van der Waals surface area contributed by atoms with E-state index in [-0.39, 0.29) is 17.9 Å². The molecule has 5 N–H and O–H groups in total. The highest BCUT2D eigenvalue weighted by molar-refractivity contribution is 5.88. The molecule has 0 bridgehead atoms. The lowest BCUT2D eigenvalue weighted by Gasteiger charge is -2.28. The van der Waals surface area contributed by atoms with Gasteiger partial charge in [-0.15, -0.1) is 0 Å². The number of hydrogen-bond donors (Lipinski definition) is 4. The van der Waals surface area contributed by atoms with Gasteiger partial charge in [-0.05, 0) is 39.7 Å². The van der Waals surface area contributed by atoms with E-state index in [4.69, 9.17) is 25.5 Å². The fourth-order valence-electron chi connectivity index (χ4n) is 3.27. The van der Waals surface area contributed by atoms with Crippen molar-refractivity contribution in [1.82, 2.24) is 20.0 Å². The van der Waals surface area contributed by atoms with E-state index >= 15 is 0 Å². The number of rotatable bonds is 6. The number of H-pyrrole nitrogens is 1. The summed E-state index contributed by atoms with van der Waals surface area (Å²) >= 11 is 0. The Kier molecular flexibility index (Phi) is 13.2. The number of aliphatic carboxylic acids is 2. The second kappa shape index (κ2) is 14.5. The van der Waals surface area contributed by atoms with Crippen molar-refractivity contribution in [1.29, 1.82) is 0 Å². The molecule has 218 valence electrons. The predicted octanol–water partition coefficient (Wildman–Crippen LogP) is 2.02. The van der Waals surface area contributed by atoms with Gasteiger partial charge in [0.25, 0.3) is 0 Å². The van der Waals surface area contributed by atoms with Gasteiger partial charge in [-0.1, -0.05) is 0 Å². The monoisotopic (exact) mass is 563 g/mol. The molecule has 2 heterocycles. The van der Waals surface area contributed by atoms with Crippen LogP contribution in [0.25, 0.3) is 0 Å². The number of hydrogen-bond acceptors (Lipinski definition) is 6. The lowest BCUT2D eigenvalue weighted by atomic mass is 10.1. The molecule has 38 heavy (non-hydrogen) atoms. The minimum Gasteiger partial charge on any atom is -0.475 e. The maximum Gasteiger partial charge on any atom is 0.490 e. The van der Waals surface area contributed by atoms with Crippen molar-refractivity contribution in [2.45, 2.75) is 71.4 Å². The Morgan fingerprint density at radius 1 is 1.03 bits per heavy atom. The molecule has 2 rings (SSSR count). The minimum absolute atomic E-state index is 0.00749. The summed E-state index contributed by atoms with van der Waals surface area (Å²) in [6.45, 7) is 9.61. The van der Waals surface area contributed by atoms with Crippen molar-refractivity contribution in [3.8, 4) is 0 Å². The van der Waals surface area contributed by atoms with Gasteiger partial charge in [0, 0.05) is 44.2 Å². The van der Waals surface area contributed by atoms with Crippen molar-refractivity contribution in [2.24, 2.45) is 5.73 Å². The zero-order valence-corrected chi connectivity index (χ0v) is 21.1. The molecule has 1 aromatic heterocycles. The number of alkyl halides is 6. The Morgan fingerprint density at radius 2 is 1.47 bits per heavy atom. The molecular weight excluding hydrogens is 532 g/mol. The van der Waals surface area contributed by atoms with Crippen LogP contribution in [-0.2, 0) is 25.6 Å². The third-order valence-electron chi connectivity index (χ3n) is 5.43. The second-order valence-electron chi connectivity index (χ2n) is 8.09. The number of carbonyl (C=O) groups is 4. The van der Waals surface area contributed by atoms with Crippen LogP contribution in [0, 0.1) is 13.8 Å². The highest BCUT2D eigenvalue weighted by Gasteiger charge is 2.40. The summed E-state index contributed by atoms with van der Waals surface area (Å²) < 4.78 is 63.5. The molecule has 1 aliphatic rings. The minimum atomic E-state index is -5.08. The molecule has 2 amide bonds. The maximum atomic E-state index is 12.7. The molecule has 2 atom stereocenters. The molecule has 0 saturated carbocycles. The number of nitrogens with two attached hydrogens (primary N) is 1. The van der Waals surface area contributed by atoms with Gasteiger partial charge in [-0.2, -0.15) is 31.4 Å². The third-order valence-corrected chi connectivity index (χ3v) is 5.43. The number of nitrogens with zero attached hydrogens (tertiary/aromatic N) is 3. The van der Waals surface area contributed by atoms with Gasteiger partial charge >= 0.3 is 24.3 Å². The summed E-state index contributed by atoms with van der Waals surface area (Å²) in [5.41, 5.74) is 9.06. The van der Waals surface area contributed by atoms with Gasteiger partial charge < -0.3 is 25.7 Å². The van der Waals surface area contributed by atoms with Gasteiger partial charge in [0.2, 0.25) is 11.8 Å². The van der Waals surface area contributed by atoms with Crippen molar-refractivity contribution in [3.63, 3.8) is 0 Å². The SMILES string of the molecule is CCN(CC)C(=O)[C@@H]1C[C@@H](N)CN1C(=O)CCc1n[nH]c(C)c1C.O=C(O)C(F)(F)F.O=C(O)C(F)(F)F. The first-order valence-electron chi connectivity index (χ1n) is 11.2. The van der Waals surface area contributed by atoms with Crippen LogP contribution in [0.5, 0.6) is 0 Å². The van der Waals surface area contributed by atoms with Gasteiger partial charge in [-0.3, -0.25) is 14.7 Å². The molecule has 1 aromatic rings. The summed E-state index contributed by atoms with van der Waals surface area (Å²) in [6, 6.07) is -0.553. The molecule has 0 spiro atoms. The van der Waals surface area contributed by atoms with E-state index in [2.05, 4.69) is 10.2 Å². The van der Waals surface area contributed by atoms with Crippen LogP contribution >= 0.6 is 0 Å². The van der Waals surface area contributed by atoms with E-state index in [0.717, 1.165) is 17.0 Å². The molecule has 0 aromatic carbocycles. The van der Waals surface area contributed by atoms with Crippen LogP contribution in [0.3, 0.4) is 0 Å². The van der Waals surface area contributed by atoms with Crippen LogP contribution in [-0.4, -0.2) is 98.0 Å². The molecule has 1 fully saturated rings. The molecular formula is C21H31F6N5O6. The van der Waals surface area contributed by atoms with Gasteiger partial charge in [-0.25, -0.2) is 9.59 Å². The Hall–Kier alpha value is -3.37. The Labute approximate surface area is 213 Å². The number of carboxylic acid groups (broad SMARTS) is 2. The van der Waals surface area contributed by atoms with E-state index in [0.29, 0.717) is 38.9 Å². The van der Waals surface area contributed by atoms with Crippen LogP contribution < -0.4 is 5.73 Å². The fourth-order valence-corrected chi connectivity index (χ4v) is 3.27. The Morgan fingerprint density at radius 3 is 1.82 bits per heavy atom. The van der Waals surface area contributed by atoms with E-state index in [9.17, 15) is 35.9 Å². The molecule has 1 saturated heterocycles. The number of aromatic amines is 1. The number of nitrogens with one attached hydrogen (secondary N) is 1. The van der Waals surface area contributed by atoms with Crippen LogP contribution in [0.2, 0.25) is 0 Å². The van der Waals surface area contributed by atoms with Crippen LogP contribution in [0.15, 0.2) is 0 Å². The largest absolute Gasteiger partial charge is 0.490 e. The summed E-state index contributed by atoms with van der Waals surface area (Å²) in [5, 5.41) is 21.4. The fraction of sp³-hybridized carbons (Fsp3) is 0.667. The smallest absolute Gasteiger partial charge is 0.475 e. The molecule has 17 heteroatoms. The number of halogens is 6. The summed E-state index contributed by atoms with van der Waals surface area (Å²) in [4.78, 5) is 46.5. The topological polar surface area (TPSA) is 170 Å². The first-order valence-corrected chi connectivity index (χ1v) is 11.2. The van der Waals surface area contributed by atoms with Crippen LogP contribution in [0.4, 0.5) is 26.3 Å². The molecule has 11 nitrogen and oxygen atoms in total. The molecule has 0 radical (unpaired) electrons. The van der Waals surface area contributed by atoms with Gasteiger partial charge in [0.15, 0.2) is 0 Å². The predicted molar refractivity (Wildman–Crippen MR) is 120 cm³/mol. The zero-order valence-electron chi connectivity index (χ0n) is 21.1. The van der Waals surface area contributed by atoms with Crippen molar-refractivity contribution < 1.29 is 55.7 Å². The second-order valence-corrected chi connectivity index (χ2v) is 8.09.